The monoisotopic (exact) mass is 451 g/mol. The van der Waals surface area contributed by atoms with Crippen molar-refractivity contribution >= 4 is 12.2 Å². The summed E-state index contributed by atoms with van der Waals surface area (Å²) in [6.07, 6.45) is 1.62. The number of rotatable bonds is 7. The molecule has 34 heavy (non-hydrogen) atoms. The van der Waals surface area contributed by atoms with E-state index in [9.17, 15) is 10.1 Å². The fourth-order valence-corrected chi connectivity index (χ4v) is 3.42. The van der Waals surface area contributed by atoms with Gasteiger partial charge < -0.3 is 9.47 Å². The molecular weight excluding hydrogens is 430 g/mol. The second kappa shape index (κ2) is 10.1. The number of aromatic amines is 1. The molecule has 3 aromatic carbocycles. The maximum Gasteiger partial charge on any atom is 0.270 e. The lowest BCUT2D eigenvalue weighted by Gasteiger charge is -2.10. The zero-order chi connectivity index (χ0) is 23.9. The van der Waals surface area contributed by atoms with Gasteiger partial charge >= 0.3 is 0 Å². The number of ether oxygens (including phenoxy) is 2. The lowest BCUT2D eigenvalue weighted by Crippen LogP contribution is -2.16. The fourth-order valence-electron chi connectivity index (χ4n) is 3.42. The number of anilines is 1. The van der Waals surface area contributed by atoms with Gasteiger partial charge in [-0.15, -0.1) is 0 Å². The summed E-state index contributed by atoms with van der Waals surface area (Å²) in [7, 11) is 3.20. The topological polar surface area (TPSA) is 112 Å². The first-order valence-electron chi connectivity index (χ1n) is 10.3. The van der Waals surface area contributed by atoms with Crippen molar-refractivity contribution in [3.63, 3.8) is 0 Å². The van der Waals surface area contributed by atoms with Gasteiger partial charge in [-0.05, 0) is 34.9 Å². The number of hydrogen-bond acceptors (Lipinski definition) is 7. The third-order valence-electron chi connectivity index (χ3n) is 5.07. The van der Waals surface area contributed by atoms with Crippen LogP contribution in [0.3, 0.4) is 0 Å². The van der Waals surface area contributed by atoms with Crippen molar-refractivity contribution in [2.24, 2.45) is 5.10 Å². The number of hydrazone groups is 1. The van der Waals surface area contributed by atoms with Crippen molar-refractivity contribution < 1.29 is 9.47 Å². The van der Waals surface area contributed by atoms with E-state index in [1.165, 1.54) is 0 Å². The molecule has 4 rings (SSSR count). The second-order valence-corrected chi connectivity index (χ2v) is 7.18. The SMILES string of the molecule is COc1ccc(-c2cccc(C=NNc3nc(-c4ccccc4)c(C#N)c(=O)[nH]3)c2)cc1OC. The summed E-state index contributed by atoms with van der Waals surface area (Å²) < 4.78 is 10.7. The van der Waals surface area contributed by atoms with Gasteiger partial charge in [0.15, 0.2) is 11.5 Å². The molecule has 2 N–H and O–H groups in total. The summed E-state index contributed by atoms with van der Waals surface area (Å²) in [6.45, 7) is 0. The Hall–Kier alpha value is -4.90. The molecule has 0 unspecified atom stereocenters. The van der Waals surface area contributed by atoms with Gasteiger partial charge in [0.1, 0.15) is 11.6 Å². The van der Waals surface area contributed by atoms with Crippen LogP contribution < -0.4 is 20.5 Å². The zero-order valence-corrected chi connectivity index (χ0v) is 18.6. The van der Waals surface area contributed by atoms with E-state index >= 15 is 0 Å². The first-order valence-corrected chi connectivity index (χ1v) is 10.3. The molecule has 1 heterocycles. The van der Waals surface area contributed by atoms with E-state index < -0.39 is 5.56 Å². The Labute approximate surface area is 196 Å². The van der Waals surface area contributed by atoms with Gasteiger partial charge in [-0.1, -0.05) is 54.6 Å². The predicted octanol–water partition coefficient (Wildman–Crippen LogP) is 4.44. The highest BCUT2D eigenvalue weighted by Gasteiger charge is 2.13. The molecule has 4 aromatic rings. The van der Waals surface area contributed by atoms with Crippen LogP contribution in [-0.4, -0.2) is 30.4 Å². The molecule has 8 heteroatoms. The van der Waals surface area contributed by atoms with Crippen LogP contribution in [0.15, 0.2) is 82.7 Å². The minimum atomic E-state index is -0.537. The van der Waals surface area contributed by atoms with Crippen molar-refractivity contribution in [3.8, 4) is 40.0 Å². The number of nitrogens with one attached hydrogen (secondary N) is 2. The third kappa shape index (κ3) is 4.79. The Balaban J connectivity index is 1.58. The summed E-state index contributed by atoms with van der Waals surface area (Å²) in [5.41, 5.74) is 5.88. The van der Waals surface area contributed by atoms with Crippen LogP contribution in [0.4, 0.5) is 5.95 Å². The second-order valence-electron chi connectivity index (χ2n) is 7.18. The van der Waals surface area contributed by atoms with Crippen LogP contribution in [0.1, 0.15) is 11.1 Å². The summed E-state index contributed by atoms with van der Waals surface area (Å²) in [6, 6.07) is 24.5. The van der Waals surface area contributed by atoms with Gasteiger partial charge in [0.2, 0.25) is 5.95 Å². The Morgan fingerprint density at radius 2 is 1.68 bits per heavy atom. The molecule has 0 aliphatic heterocycles. The van der Waals surface area contributed by atoms with Crippen molar-refractivity contribution in [3.05, 3.63) is 94.3 Å². The van der Waals surface area contributed by atoms with Gasteiger partial charge in [-0.3, -0.25) is 9.78 Å². The Morgan fingerprint density at radius 3 is 2.41 bits per heavy atom. The van der Waals surface area contributed by atoms with Crippen LogP contribution in [-0.2, 0) is 0 Å². The number of benzene rings is 3. The zero-order valence-electron chi connectivity index (χ0n) is 18.6. The predicted molar refractivity (Wildman–Crippen MR) is 131 cm³/mol. The fraction of sp³-hybridized carbons (Fsp3) is 0.0769. The van der Waals surface area contributed by atoms with Gasteiger partial charge in [0, 0.05) is 5.56 Å². The summed E-state index contributed by atoms with van der Waals surface area (Å²) >= 11 is 0. The third-order valence-corrected chi connectivity index (χ3v) is 5.07. The molecule has 0 bridgehead atoms. The van der Waals surface area contributed by atoms with E-state index in [4.69, 9.17) is 9.47 Å². The van der Waals surface area contributed by atoms with Crippen LogP contribution in [0.5, 0.6) is 11.5 Å². The molecule has 168 valence electrons. The van der Waals surface area contributed by atoms with E-state index in [2.05, 4.69) is 20.5 Å². The normalized spacial score (nSPS) is 10.6. The summed E-state index contributed by atoms with van der Waals surface area (Å²) in [4.78, 5) is 19.3. The Kier molecular flexibility index (Phi) is 6.65. The largest absolute Gasteiger partial charge is 0.493 e. The molecule has 0 aliphatic rings. The maximum absolute atomic E-state index is 12.4. The average molecular weight is 451 g/mol. The van der Waals surface area contributed by atoms with Gasteiger partial charge in [-0.2, -0.15) is 10.4 Å². The molecule has 0 saturated carbocycles. The highest BCUT2D eigenvalue weighted by atomic mass is 16.5. The number of nitriles is 1. The Morgan fingerprint density at radius 1 is 0.941 bits per heavy atom. The van der Waals surface area contributed by atoms with E-state index in [0.29, 0.717) is 22.8 Å². The number of aromatic nitrogens is 2. The van der Waals surface area contributed by atoms with Crippen LogP contribution in [0.25, 0.3) is 22.4 Å². The van der Waals surface area contributed by atoms with E-state index in [1.807, 2.05) is 66.7 Å². The first kappa shape index (κ1) is 22.3. The van der Waals surface area contributed by atoms with Crippen LogP contribution in [0, 0.1) is 11.3 Å². The minimum absolute atomic E-state index is 0.0525. The van der Waals surface area contributed by atoms with Gasteiger partial charge in [0.25, 0.3) is 5.56 Å². The highest BCUT2D eigenvalue weighted by Crippen LogP contribution is 2.32. The number of hydrogen-bond donors (Lipinski definition) is 2. The Bertz CT molecular complexity index is 1440. The van der Waals surface area contributed by atoms with Crippen molar-refractivity contribution in [1.82, 2.24) is 9.97 Å². The number of methoxy groups -OCH3 is 2. The average Bonchev–Trinajstić information content (AvgIpc) is 2.88. The molecule has 8 nitrogen and oxygen atoms in total. The quantitative estimate of drug-likeness (QED) is 0.317. The minimum Gasteiger partial charge on any atom is -0.493 e. The summed E-state index contributed by atoms with van der Waals surface area (Å²) in [5.74, 6) is 1.44. The number of H-pyrrole nitrogens is 1. The first-order chi connectivity index (χ1) is 16.6. The number of nitrogens with zero attached hydrogens (tertiary/aromatic N) is 3. The molecule has 0 radical (unpaired) electrons. The van der Waals surface area contributed by atoms with Crippen LogP contribution >= 0.6 is 0 Å². The smallest absolute Gasteiger partial charge is 0.270 e. The van der Waals surface area contributed by atoms with E-state index in [-0.39, 0.29) is 11.5 Å². The molecule has 0 aliphatic carbocycles. The van der Waals surface area contributed by atoms with Gasteiger partial charge in [-0.25, -0.2) is 10.4 Å². The van der Waals surface area contributed by atoms with E-state index in [0.717, 1.165) is 16.7 Å². The van der Waals surface area contributed by atoms with Gasteiger partial charge in [0.05, 0.1) is 26.1 Å². The van der Waals surface area contributed by atoms with Crippen molar-refractivity contribution in [2.45, 2.75) is 0 Å². The summed E-state index contributed by atoms with van der Waals surface area (Å²) in [5, 5.41) is 13.6. The molecule has 0 amide bonds. The lowest BCUT2D eigenvalue weighted by molar-refractivity contribution is 0.355. The molecule has 0 fully saturated rings. The molecule has 0 saturated heterocycles. The van der Waals surface area contributed by atoms with Crippen LogP contribution in [0.2, 0.25) is 0 Å². The maximum atomic E-state index is 12.4. The van der Waals surface area contributed by atoms with E-state index in [1.54, 1.807) is 32.6 Å². The lowest BCUT2D eigenvalue weighted by atomic mass is 10.0. The standard InChI is InChI=1S/C26H21N5O3/c1-33-22-12-11-20(14-23(22)34-2)19-10-6-7-17(13-19)16-28-31-26-29-24(18-8-4-3-5-9-18)21(15-27)25(32)30-26/h3-14,16H,1-2H3,(H2,29,30,31,32). The molecule has 1 aromatic heterocycles. The van der Waals surface area contributed by atoms with Crippen molar-refractivity contribution in [2.75, 3.05) is 19.6 Å². The highest BCUT2D eigenvalue weighted by molar-refractivity contribution is 5.83. The molecule has 0 atom stereocenters. The van der Waals surface area contributed by atoms with Crippen molar-refractivity contribution in [1.29, 1.82) is 5.26 Å². The molecule has 0 spiro atoms. The molecular formula is C26H21N5O3.